The van der Waals surface area contributed by atoms with Gasteiger partial charge < -0.3 is 14.2 Å². The Hall–Kier alpha value is -3.44. The molecular formula is C20H17ClFN7O3. The van der Waals surface area contributed by atoms with E-state index in [2.05, 4.69) is 25.1 Å². The molecule has 1 aliphatic rings. The van der Waals surface area contributed by atoms with Gasteiger partial charge in [-0.1, -0.05) is 16.8 Å². The van der Waals surface area contributed by atoms with Crippen molar-refractivity contribution in [2.45, 2.75) is 13.0 Å². The number of hydrogen-bond donors (Lipinski definition) is 0. The second-order valence-corrected chi connectivity index (χ2v) is 7.75. The summed E-state index contributed by atoms with van der Waals surface area (Å²) in [6, 6.07) is 4.26. The van der Waals surface area contributed by atoms with E-state index in [4.69, 9.17) is 20.9 Å². The van der Waals surface area contributed by atoms with Crippen molar-refractivity contribution >= 4 is 28.6 Å². The predicted molar refractivity (Wildman–Crippen MR) is 113 cm³/mol. The summed E-state index contributed by atoms with van der Waals surface area (Å²) in [4.78, 5) is 32.5. The Morgan fingerprint density at radius 2 is 2.06 bits per heavy atom. The summed E-state index contributed by atoms with van der Waals surface area (Å²) in [7, 11) is 1.61. The molecule has 1 aliphatic heterocycles. The minimum absolute atomic E-state index is 0.0926. The molecule has 164 valence electrons. The standard InChI is InChI=1S/C20H17ClFN7O3/c1-10-24-16-15(12-4-3-11(21)7-13(12)22)25-20(26-17(16)19(30)28(10)2)29-5-6-31-14(8-29)18-23-9-32-27-18/h3-4,7,9,14H,5-6,8H2,1-2H3. The highest BCUT2D eigenvalue weighted by atomic mass is 35.5. The van der Waals surface area contributed by atoms with Gasteiger partial charge in [0.1, 0.15) is 29.0 Å². The molecular weight excluding hydrogens is 441 g/mol. The van der Waals surface area contributed by atoms with Crippen molar-refractivity contribution < 1.29 is 13.7 Å². The molecule has 1 aromatic carbocycles. The molecule has 0 aliphatic carbocycles. The first-order valence-corrected chi connectivity index (χ1v) is 10.1. The second kappa shape index (κ2) is 7.92. The smallest absolute Gasteiger partial charge is 0.279 e. The summed E-state index contributed by atoms with van der Waals surface area (Å²) in [5.74, 6) is 0.530. The SMILES string of the molecule is Cc1nc2c(-c3ccc(Cl)cc3F)nc(N3CCOC(c4ncon4)C3)nc2c(=O)n1C. The van der Waals surface area contributed by atoms with E-state index in [9.17, 15) is 9.18 Å². The fraction of sp³-hybridized carbons (Fsp3) is 0.300. The normalized spacial score (nSPS) is 16.6. The Bertz CT molecular complexity index is 1380. The maximum Gasteiger partial charge on any atom is 0.279 e. The molecule has 0 bridgehead atoms. The third-order valence-corrected chi connectivity index (χ3v) is 5.58. The highest BCUT2D eigenvalue weighted by Gasteiger charge is 2.28. The van der Waals surface area contributed by atoms with Crippen LogP contribution in [0, 0.1) is 12.7 Å². The van der Waals surface area contributed by atoms with Gasteiger partial charge >= 0.3 is 0 Å². The zero-order valence-corrected chi connectivity index (χ0v) is 17.9. The molecule has 32 heavy (non-hydrogen) atoms. The van der Waals surface area contributed by atoms with Gasteiger partial charge in [0.2, 0.25) is 18.2 Å². The van der Waals surface area contributed by atoms with E-state index in [1.54, 1.807) is 20.0 Å². The van der Waals surface area contributed by atoms with E-state index in [1.165, 1.54) is 23.1 Å². The molecule has 10 nitrogen and oxygen atoms in total. The maximum absolute atomic E-state index is 14.8. The van der Waals surface area contributed by atoms with Crippen molar-refractivity contribution in [1.29, 1.82) is 0 Å². The van der Waals surface area contributed by atoms with Gasteiger partial charge in [0, 0.05) is 24.2 Å². The van der Waals surface area contributed by atoms with Crippen LogP contribution in [0.2, 0.25) is 5.02 Å². The van der Waals surface area contributed by atoms with Gasteiger partial charge in [0.05, 0.1) is 13.2 Å². The number of aromatic nitrogens is 6. The quantitative estimate of drug-likeness (QED) is 0.457. The third-order valence-electron chi connectivity index (χ3n) is 5.34. The third kappa shape index (κ3) is 3.49. The van der Waals surface area contributed by atoms with Crippen molar-refractivity contribution in [3.8, 4) is 11.3 Å². The fourth-order valence-corrected chi connectivity index (χ4v) is 3.72. The molecule has 12 heteroatoms. The number of morpholine rings is 1. The average Bonchev–Trinajstić information content (AvgIpc) is 3.33. The van der Waals surface area contributed by atoms with Crippen molar-refractivity contribution in [2.75, 3.05) is 24.6 Å². The van der Waals surface area contributed by atoms with E-state index < -0.39 is 11.9 Å². The first-order valence-electron chi connectivity index (χ1n) is 9.76. The van der Waals surface area contributed by atoms with Crippen LogP contribution in [-0.4, -0.2) is 49.4 Å². The summed E-state index contributed by atoms with van der Waals surface area (Å²) < 4.78 is 26.8. The monoisotopic (exact) mass is 457 g/mol. The topological polar surface area (TPSA) is 112 Å². The minimum Gasteiger partial charge on any atom is -0.366 e. The van der Waals surface area contributed by atoms with E-state index in [0.717, 1.165) is 0 Å². The lowest BCUT2D eigenvalue weighted by Gasteiger charge is -2.31. The van der Waals surface area contributed by atoms with Gasteiger partial charge in [-0.2, -0.15) is 4.98 Å². The predicted octanol–water partition coefficient (Wildman–Crippen LogP) is 2.45. The average molecular weight is 458 g/mol. The van der Waals surface area contributed by atoms with Crippen molar-refractivity contribution in [3.05, 3.63) is 57.4 Å². The van der Waals surface area contributed by atoms with Crippen LogP contribution in [0.3, 0.4) is 0 Å². The van der Waals surface area contributed by atoms with Crippen LogP contribution >= 0.6 is 11.6 Å². The number of hydrogen-bond acceptors (Lipinski definition) is 9. The fourth-order valence-electron chi connectivity index (χ4n) is 3.56. The van der Waals surface area contributed by atoms with E-state index >= 15 is 0 Å². The highest BCUT2D eigenvalue weighted by molar-refractivity contribution is 6.30. The van der Waals surface area contributed by atoms with E-state index in [0.29, 0.717) is 31.3 Å². The Labute approximate surface area is 185 Å². The molecule has 1 unspecified atom stereocenters. The molecule has 0 spiro atoms. The summed E-state index contributed by atoms with van der Waals surface area (Å²) >= 11 is 5.93. The van der Waals surface area contributed by atoms with Crippen LogP contribution < -0.4 is 10.5 Å². The van der Waals surface area contributed by atoms with Crippen LogP contribution in [0.15, 0.2) is 33.9 Å². The lowest BCUT2D eigenvalue weighted by atomic mass is 10.1. The number of rotatable bonds is 3. The Kier molecular flexibility index (Phi) is 5.06. The molecule has 1 saturated heterocycles. The molecule has 0 amide bonds. The molecule has 1 fully saturated rings. The Morgan fingerprint density at radius 1 is 1.22 bits per heavy atom. The summed E-state index contributed by atoms with van der Waals surface area (Å²) in [5.41, 5.74) is 0.345. The first kappa shape index (κ1) is 20.5. The summed E-state index contributed by atoms with van der Waals surface area (Å²) in [5, 5.41) is 4.09. The number of aryl methyl sites for hydroxylation is 1. The largest absolute Gasteiger partial charge is 0.366 e. The zero-order valence-electron chi connectivity index (χ0n) is 17.1. The zero-order chi connectivity index (χ0) is 22.4. The van der Waals surface area contributed by atoms with E-state index in [1.807, 2.05) is 4.90 Å². The summed E-state index contributed by atoms with van der Waals surface area (Å²) in [6.45, 7) is 2.83. The number of fused-ring (bicyclic) bond motifs is 1. The molecule has 5 rings (SSSR count). The second-order valence-electron chi connectivity index (χ2n) is 7.31. The van der Waals surface area contributed by atoms with Crippen LogP contribution in [0.5, 0.6) is 0 Å². The van der Waals surface area contributed by atoms with Crippen molar-refractivity contribution in [3.63, 3.8) is 0 Å². The van der Waals surface area contributed by atoms with Gasteiger partial charge in [-0.3, -0.25) is 9.36 Å². The van der Waals surface area contributed by atoms with Crippen molar-refractivity contribution in [2.24, 2.45) is 7.05 Å². The molecule has 0 N–H and O–H groups in total. The molecule has 0 radical (unpaired) electrons. The lowest BCUT2D eigenvalue weighted by molar-refractivity contribution is 0.0321. The number of nitrogens with zero attached hydrogens (tertiary/aromatic N) is 7. The van der Waals surface area contributed by atoms with Gasteiger partial charge in [-0.25, -0.2) is 19.3 Å². The van der Waals surface area contributed by atoms with Crippen LogP contribution in [-0.2, 0) is 11.8 Å². The van der Waals surface area contributed by atoms with Crippen LogP contribution in [0.25, 0.3) is 22.3 Å². The van der Waals surface area contributed by atoms with Crippen molar-refractivity contribution in [1.82, 2.24) is 29.7 Å². The lowest BCUT2D eigenvalue weighted by Crippen LogP contribution is -2.40. The Morgan fingerprint density at radius 3 is 2.81 bits per heavy atom. The molecule has 0 saturated carbocycles. The number of ether oxygens (including phenoxy) is 1. The van der Waals surface area contributed by atoms with Gasteiger partial charge in [0.15, 0.2) is 5.52 Å². The van der Waals surface area contributed by atoms with Crippen LogP contribution in [0.4, 0.5) is 10.3 Å². The maximum atomic E-state index is 14.8. The van der Waals surface area contributed by atoms with Gasteiger partial charge in [0.25, 0.3) is 5.56 Å². The molecule has 4 heterocycles. The van der Waals surface area contributed by atoms with Gasteiger partial charge in [-0.05, 0) is 25.1 Å². The number of halogens is 2. The molecule has 1 atom stereocenters. The molecule has 3 aromatic heterocycles. The Balaban J connectivity index is 1.69. The van der Waals surface area contributed by atoms with E-state index in [-0.39, 0.29) is 38.8 Å². The van der Waals surface area contributed by atoms with Gasteiger partial charge in [-0.15, -0.1) is 0 Å². The summed E-state index contributed by atoms with van der Waals surface area (Å²) in [6.07, 6.45) is 0.764. The highest BCUT2D eigenvalue weighted by Crippen LogP contribution is 2.31. The van der Waals surface area contributed by atoms with Crippen LogP contribution in [0.1, 0.15) is 17.8 Å². The number of anilines is 1. The number of benzene rings is 1. The first-order chi connectivity index (χ1) is 15.4. The molecule has 4 aromatic rings. The minimum atomic E-state index is -0.574.